The Morgan fingerprint density at radius 1 is 1.45 bits per heavy atom. The summed E-state index contributed by atoms with van der Waals surface area (Å²) < 4.78 is 14.5. The van der Waals surface area contributed by atoms with Gasteiger partial charge in [0.1, 0.15) is 5.82 Å². The number of piperidine rings is 1. The second-order valence-electron chi connectivity index (χ2n) is 5.29. The smallest absolute Gasteiger partial charge is 0.256 e. The first-order valence-corrected chi connectivity index (χ1v) is 8.04. The van der Waals surface area contributed by atoms with Gasteiger partial charge in [0.05, 0.1) is 11.5 Å². The Morgan fingerprint density at radius 2 is 2.23 bits per heavy atom. The van der Waals surface area contributed by atoms with Crippen molar-refractivity contribution < 1.29 is 14.0 Å². The molecular weight excluding hydrogens is 353 g/mol. The van der Waals surface area contributed by atoms with Crippen LogP contribution in [0.4, 0.5) is 4.39 Å². The van der Waals surface area contributed by atoms with Gasteiger partial charge in [-0.3, -0.25) is 9.59 Å². The zero-order valence-corrected chi connectivity index (χ0v) is 13.7. The number of nitrogens with two attached hydrogens (primary N) is 1. The highest BCUT2D eigenvalue weighted by atomic mass is 79.9. The molecule has 1 aliphatic rings. The van der Waals surface area contributed by atoms with Crippen molar-refractivity contribution in [2.24, 2.45) is 11.7 Å². The van der Waals surface area contributed by atoms with Gasteiger partial charge in [0.25, 0.3) is 5.91 Å². The van der Waals surface area contributed by atoms with E-state index in [-0.39, 0.29) is 23.3 Å². The molecule has 1 heterocycles. The summed E-state index contributed by atoms with van der Waals surface area (Å²) in [6, 6.07) is 4.36. The standard InChI is InChI=1S/C15H19BrFN3O2/c16-11-3-4-12(13(17)8-11)15(22)20-7-1-2-10(9-20)14(21)19-6-5-18/h3-4,8,10H,1-2,5-7,9,18H2,(H,19,21). The molecule has 0 spiro atoms. The molecule has 1 unspecified atom stereocenters. The summed E-state index contributed by atoms with van der Waals surface area (Å²) in [6.45, 7) is 1.65. The first-order valence-electron chi connectivity index (χ1n) is 7.25. The molecule has 2 amide bonds. The highest BCUT2D eigenvalue weighted by Gasteiger charge is 2.29. The molecule has 7 heteroatoms. The molecule has 0 radical (unpaired) electrons. The molecule has 1 aromatic rings. The van der Waals surface area contributed by atoms with Crippen molar-refractivity contribution >= 4 is 27.7 Å². The van der Waals surface area contributed by atoms with E-state index in [0.29, 0.717) is 30.7 Å². The molecule has 1 aromatic carbocycles. The minimum Gasteiger partial charge on any atom is -0.355 e. The van der Waals surface area contributed by atoms with E-state index in [9.17, 15) is 14.0 Å². The topological polar surface area (TPSA) is 75.4 Å². The quantitative estimate of drug-likeness (QED) is 0.842. The normalized spacial score (nSPS) is 18.1. The maximum Gasteiger partial charge on any atom is 0.256 e. The summed E-state index contributed by atoms with van der Waals surface area (Å²) in [5, 5.41) is 2.74. The molecule has 0 saturated carbocycles. The highest BCUT2D eigenvalue weighted by Crippen LogP contribution is 2.21. The monoisotopic (exact) mass is 371 g/mol. The molecule has 0 aliphatic carbocycles. The summed E-state index contributed by atoms with van der Waals surface area (Å²) in [6.07, 6.45) is 1.45. The van der Waals surface area contributed by atoms with Gasteiger partial charge in [0.15, 0.2) is 0 Å². The van der Waals surface area contributed by atoms with Crippen LogP contribution in [0.2, 0.25) is 0 Å². The molecule has 0 bridgehead atoms. The van der Waals surface area contributed by atoms with Crippen LogP contribution < -0.4 is 11.1 Å². The van der Waals surface area contributed by atoms with Crippen molar-refractivity contribution in [3.05, 3.63) is 34.1 Å². The summed E-state index contributed by atoms with van der Waals surface area (Å²) in [7, 11) is 0. The number of likely N-dealkylation sites (tertiary alicyclic amines) is 1. The predicted octanol–water partition coefficient (Wildman–Crippen LogP) is 1.52. The Balaban J connectivity index is 2.05. The van der Waals surface area contributed by atoms with Crippen LogP contribution in [0.15, 0.2) is 22.7 Å². The third-order valence-electron chi connectivity index (χ3n) is 3.68. The van der Waals surface area contributed by atoms with Crippen LogP contribution in [-0.2, 0) is 4.79 Å². The fourth-order valence-electron chi connectivity index (χ4n) is 2.55. The number of halogens is 2. The van der Waals surface area contributed by atoms with Crippen LogP contribution in [0.5, 0.6) is 0 Å². The third-order valence-corrected chi connectivity index (χ3v) is 4.18. The molecular formula is C15H19BrFN3O2. The van der Waals surface area contributed by atoms with E-state index in [2.05, 4.69) is 21.2 Å². The molecule has 0 aromatic heterocycles. The fourth-order valence-corrected chi connectivity index (χ4v) is 2.88. The van der Waals surface area contributed by atoms with Crippen LogP contribution >= 0.6 is 15.9 Å². The van der Waals surface area contributed by atoms with Gasteiger partial charge in [-0.25, -0.2) is 4.39 Å². The van der Waals surface area contributed by atoms with Gasteiger partial charge in [-0.15, -0.1) is 0 Å². The van der Waals surface area contributed by atoms with E-state index >= 15 is 0 Å². The molecule has 5 nitrogen and oxygen atoms in total. The van der Waals surface area contributed by atoms with Gasteiger partial charge in [0, 0.05) is 30.7 Å². The summed E-state index contributed by atoms with van der Waals surface area (Å²) in [4.78, 5) is 26.0. The van der Waals surface area contributed by atoms with E-state index in [1.54, 1.807) is 11.0 Å². The zero-order valence-electron chi connectivity index (χ0n) is 12.1. The summed E-state index contributed by atoms with van der Waals surface area (Å²) >= 11 is 3.17. The number of nitrogens with one attached hydrogen (secondary N) is 1. The SMILES string of the molecule is NCCNC(=O)C1CCCN(C(=O)c2ccc(Br)cc2F)C1. The number of carbonyl (C=O) groups is 2. The average molecular weight is 372 g/mol. The molecule has 2 rings (SSSR count). The molecule has 3 N–H and O–H groups in total. The number of carbonyl (C=O) groups excluding carboxylic acids is 2. The number of hydrogen-bond donors (Lipinski definition) is 2. The number of benzene rings is 1. The van der Waals surface area contributed by atoms with E-state index < -0.39 is 5.82 Å². The lowest BCUT2D eigenvalue weighted by molar-refractivity contribution is -0.126. The van der Waals surface area contributed by atoms with E-state index in [4.69, 9.17) is 5.73 Å². The van der Waals surface area contributed by atoms with Crippen molar-refractivity contribution in [1.29, 1.82) is 0 Å². The van der Waals surface area contributed by atoms with Crippen LogP contribution in [-0.4, -0.2) is 42.9 Å². The molecule has 1 fully saturated rings. The maximum atomic E-state index is 13.9. The second kappa shape index (κ2) is 7.69. The molecule has 1 saturated heterocycles. The zero-order chi connectivity index (χ0) is 16.1. The maximum absolute atomic E-state index is 13.9. The number of rotatable bonds is 4. The number of hydrogen-bond acceptors (Lipinski definition) is 3. The van der Waals surface area contributed by atoms with E-state index in [1.165, 1.54) is 12.1 Å². The number of amides is 2. The van der Waals surface area contributed by atoms with Gasteiger partial charge >= 0.3 is 0 Å². The van der Waals surface area contributed by atoms with Crippen LogP contribution in [0, 0.1) is 11.7 Å². The average Bonchev–Trinajstić information content (AvgIpc) is 2.52. The summed E-state index contributed by atoms with van der Waals surface area (Å²) in [5.41, 5.74) is 5.40. The summed E-state index contributed by atoms with van der Waals surface area (Å²) in [5.74, 6) is -1.29. The first kappa shape index (κ1) is 16.9. The molecule has 120 valence electrons. The second-order valence-corrected chi connectivity index (χ2v) is 6.21. The van der Waals surface area contributed by atoms with Gasteiger partial charge in [-0.1, -0.05) is 15.9 Å². The Labute approximate surface area is 137 Å². The van der Waals surface area contributed by atoms with E-state index in [1.807, 2.05) is 0 Å². The first-order chi connectivity index (χ1) is 10.5. The van der Waals surface area contributed by atoms with Crippen LogP contribution in [0.1, 0.15) is 23.2 Å². The Hall–Kier alpha value is -1.47. The fraction of sp³-hybridized carbons (Fsp3) is 0.467. The van der Waals surface area contributed by atoms with Gasteiger partial charge in [-0.05, 0) is 31.0 Å². The number of nitrogens with zero attached hydrogens (tertiary/aromatic N) is 1. The minimum absolute atomic E-state index is 0.0335. The van der Waals surface area contributed by atoms with Gasteiger partial charge in [0.2, 0.25) is 5.91 Å². The molecule has 22 heavy (non-hydrogen) atoms. The Morgan fingerprint density at radius 3 is 2.91 bits per heavy atom. The minimum atomic E-state index is -0.561. The van der Waals surface area contributed by atoms with Crippen molar-refractivity contribution in [2.45, 2.75) is 12.8 Å². The largest absolute Gasteiger partial charge is 0.355 e. The highest BCUT2D eigenvalue weighted by molar-refractivity contribution is 9.10. The Kier molecular flexibility index (Phi) is 5.90. The molecule has 1 aliphatic heterocycles. The third kappa shape index (κ3) is 4.04. The van der Waals surface area contributed by atoms with Gasteiger partial charge < -0.3 is 16.0 Å². The predicted molar refractivity (Wildman–Crippen MR) is 84.8 cm³/mol. The van der Waals surface area contributed by atoms with E-state index in [0.717, 1.165) is 12.8 Å². The van der Waals surface area contributed by atoms with Crippen LogP contribution in [0.3, 0.4) is 0 Å². The Bertz CT molecular complexity index is 568. The van der Waals surface area contributed by atoms with Crippen LogP contribution in [0.25, 0.3) is 0 Å². The van der Waals surface area contributed by atoms with Crippen molar-refractivity contribution in [2.75, 3.05) is 26.2 Å². The molecule has 1 atom stereocenters. The van der Waals surface area contributed by atoms with Crippen molar-refractivity contribution in [3.63, 3.8) is 0 Å². The van der Waals surface area contributed by atoms with Crippen molar-refractivity contribution in [1.82, 2.24) is 10.2 Å². The lowest BCUT2D eigenvalue weighted by atomic mass is 9.96. The van der Waals surface area contributed by atoms with Crippen molar-refractivity contribution in [3.8, 4) is 0 Å². The van der Waals surface area contributed by atoms with Gasteiger partial charge in [-0.2, -0.15) is 0 Å². The lowest BCUT2D eigenvalue weighted by Crippen LogP contribution is -2.46. The lowest BCUT2D eigenvalue weighted by Gasteiger charge is -2.32.